The van der Waals surface area contributed by atoms with Crippen LogP contribution in [0.25, 0.3) is 0 Å². The lowest BCUT2D eigenvalue weighted by molar-refractivity contribution is -0.116. The predicted molar refractivity (Wildman–Crippen MR) is 103 cm³/mol. The Hall–Kier alpha value is -2.07. The summed E-state index contributed by atoms with van der Waals surface area (Å²) in [4.78, 5) is 25.8. The molecule has 0 N–H and O–H groups in total. The Morgan fingerprint density at radius 3 is 2.21 bits per heavy atom. The zero-order valence-corrected chi connectivity index (χ0v) is 15.6. The van der Waals surface area contributed by atoms with E-state index in [-0.39, 0.29) is 5.78 Å². The molecule has 0 fully saturated rings. The van der Waals surface area contributed by atoms with Crippen LogP contribution in [0.1, 0.15) is 31.9 Å². The summed E-state index contributed by atoms with van der Waals surface area (Å²) < 4.78 is 0. The van der Waals surface area contributed by atoms with Crippen LogP contribution in [0.2, 0.25) is 0 Å². The monoisotopic (exact) mass is 343 g/mol. The molecule has 0 spiro atoms. The molecule has 2 aromatic rings. The van der Waals surface area contributed by atoms with Crippen molar-refractivity contribution in [2.75, 3.05) is 11.2 Å². The first kappa shape index (κ1) is 20.0. The van der Waals surface area contributed by atoms with E-state index in [0.717, 1.165) is 28.1 Å². The maximum atomic E-state index is 11.6. The normalized spacial score (nSPS) is 9.67. The zero-order chi connectivity index (χ0) is 17.9. The fourth-order valence-corrected chi connectivity index (χ4v) is 3.01. The van der Waals surface area contributed by atoms with Gasteiger partial charge in [0.25, 0.3) is 0 Å². The topological polar surface area (TPSA) is 37.4 Å². The van der Waals surface area contributed by atoms with Crippen LogP contribution in [0.4, 0.5) is 5.69 Å². The molecule has 4 heteroatoms. The van der Waals surface area contributed by atoms with E-state index in [4.69, 9.17) is 0 Å². The molecule has 128 valence electrons. The highest BCUT2D eigenvalue weighted by atomic mass is 32.2. The van der Waals surface area contributed by atoms with Gasteiger partial charge in [-0.15, -0.1) is 11.8 Å². The highest BCUT2D eigenvalue weighted by Crippen LogP contribution is 2.26. The standard InChI is InChI=1S/C18H19NO2S.C2H6/c1-14(21)11-15-7-3-5-9-17(15)19(13-20)12-16-8-4-6-10-18(16)22-2;1-2/h3-10,13H,11-12H2,1-2H3;1-2H3. The third kappa shape index (κ3) is 5.53. The molecule has 0 aromatic heterocycles. The Labute approximate surface area is 149 Å². The van der Waals surface area contributed by atoms with Crippen molar-refractivity contribution in [1.29, 1.82) is 0 Å². The van der Waals surface area contributed by atoms with Gasteiger partial charge in [0, 0.05) is 17.0 Å². The Kier molecular flexibility index (Phi) is 8.87. The van der Waals surface area contributed by atoms with Crippen LogP contribution in [0.5, 0.6) is 0 Å². The molecule has 0 atom stereocenters. The van der Waals surface area contributed by atoms with Crippen LogP contribution in [0, 0.1) is 0 Å². The van der Waals surface area contributed by atoms with Crippen LogP contribution in [0.15, 0.2) is 53.4 Å². The number of benzene rings is 2. The van der Waals surface area contributed by atoms with Gasteiger partial charge >= 0.3 is 0 Å². The van der Waals surface area contributed by atoms with E-state index in [1.54, 1.807) is 23.6 Å². The molecule has 0 heterocycles. The summed E-state index contributed by atoms with van der Waals surface area (Å²) in [5, 5.41) is 0. The lowest BCUT2D eigenvalue weighted by atomic mass is 10.1. The molecule has 3 nitrogen and oxygen atoms in total. The number of ketones is 1. The number of carbonyl (C=O) groups is 2. The van der Waals surface area contributed by atoms with Crippen LogP contribution in [0.3, 0.4) is 0 Å². The number of amides is 1. The molecular weight excluding hydrogens is 318 g/mol. The number of rotatable bonds is 7. The van der Waals surface area contributed by atoms with Crippen molar-refractivity contribution in [3.05, 3.63) is 59.7 Å². The summed E-state index contributed by atoms with van der Waals surface area (Å²) in [6, 6.07) is 15.6. The first-order valence-electron chi connectivity index (χ1n) is 8.07. The van der Waals surface area contributed by atoms with Crippen LogP contribution in [-0.4, -0.2) is 18.4 Å². The van der Waals surface area contributed by atoms with Crippen LogP contribution in [-0.2, 0) is 22.6 Å². The molecule has 2 rings (SSSR count). The zero-order valence-electron chi connectivity index (χ0n) is 14.8. The van der Waals surface area contributed by atoms with Crippen molar-refractivity contribution in [3.8, 4) is 0 Å². The molecule has 24 heavy (non-hydrogen) atoms. The first-order chi connectivity index (χ1) is 11.7. The van der Waals surface area contributed by atoms with Gasteiger partial charge in [0.15, 0.2) is 0 Å². The molecule has 2 aromatic carbocycles. The maximum absolute atomic E-state index is 11.6. The van der Waals surface area contributed by atoms with E-state index in [1.807, 2.05) is 68.6 Å². The molecule has 0 aliphatic heterocycles. The van der Waals surface area contributed by atoms with Crippen molar-refractivity contribution in [2.24, 2.45) is 0 Å². The fourth-order valence-electron chi connectivity index (χ4n) is 2.41. The number of carbonyl (C=O) groups excluding carboxylic acids is 2. The number of anilines is 1. The van der Waals surface area contributed by atoms with Gasteiger partial charge in [0.05, 0.1) is 6.54 Å². The second-order valence-corrected chi connectivity index (χ2v) is 5.90. The Morgan fingerprint density at radius 1 is 1.04 bits per heavy atom. The molecule has 0 saturated heterocycles. The lowest BCUT2D eigenvalue weighted by Gasteiger charge is -2.21. The predicted octanol–water partition coefficient (Wildman–Crippen LogP) is 4.73. The van der Waals surface area contributed by atoms with Gasteiger partial charge in [-0.1, -0.05) is 50.2 Å². The molecule has 0 radical (unpaired) electrons. The van der Waals surface area contributed by atoms with Gasteiger partial charge in [-0.05, 0) is 36.4 Å². The number of Topliss-reactive ketones (excluding diaryl/α,β-unsaturated/α-hetero) is 1. The van der Waals surface area contributed by atoms with Crippen molar-refractivity contribution in [2.45, 2.75) is 38.6 Å². The van der Waals surface area contributed by atoms with Crippen molar-refractivity contribution in [3.63, 3.8) is 0 Å². The van der Waals surface area contributed by atoms with Gasteiger partial charge in [0.2, 0.25) is 6.41 Å². The largest absolute Gasteiger partial charge is 0.310 e. The third-order valence-corrected chi connectivity index (χ3v) is 4.24. The van der Waals surface area contributed by atoms with Crippen LogP contribution >= 0.6 is 11.8 Å². The number of hydrogen-bond acceptors (Lipinski definition) is 3. The van der Waals surface area contributed by atoms with Crippen molar-refractivity contribution < 1.29 is 9.59 Å². The Morgan fingerprint density at radius 2 is 1.62 bits per heavy atom. The summed E-state index contributed by atoms with van der Waals surface area (Å²) in [5.74, 6) is 0.0859. The summed E-state index contributed by atoms with van der Waals surface area (Å²) in [7, 11) is 0. The van der Waals surface area contributed by atoms with E-state index in [0.29, 0.717) is 13.0 Å². The van der Waals surface area contributed by atoms with Gasteiger partial charge in [-0.3, -0.25) is 9.59 Å². The average molecular weight is 343 g/mol. The quantitative estimate of drug-likeness (QED) is 0.539. The number of para-hydroxylation sites is 1. The van der Waals surface area contributed by atoms with Crippen LogP contribution < -0.4 is 4.90 Å². The number of nitrogens with zero attached hydrogens (tertiary/aromatic N) is 1. The number of hydrogen-bond donors (Lipinski definition) is 0. The van der Waals surface area contributed by atoms with E-state index in [2.05, 4.69) is 0 Å². The highest BCUT2D eigenvalue weighted by Gasteiger charge is 2.13. The van der Waals surface area contributed by atoms with Gasteiger partial charge < -0.3 is 4.90 Å². The van der Waals surface area contributed by atoms with Crippen molar-refractivity contribution >= 4 is 29.6 Å². The Balaban J connectivity index is 0.00000139. The molecular formula is C20H25NO2S. The smallest absolute Gasteiger partial charge is 0.214 e. The minimum Gasteiger partial charge on any atom is -0.310 e. The molecule has 0 bridgehead atoms. The maximum Gasteiger partial charge on any atom is 0.214 e. The summed E-state index contributed by atoms with van der Waals surface area (Å²) >= 11 is 1.66. The second kappa shape index (κ2) is 10.7. The fraction of sp³-hybridized carbons (Fsp3) is 0.300. The summed E-state index contributed by atoms with van der Waals surface area (Å²) in [6.07, 6.45) is 3.19. The minimum absolute atomic E-state index is 0.0859. The number of thioether (sulfide) groups is 1. The third-order valence-electron chi connectivity index (χ3n) is 3.40. The molecule has 0 aliphatic rings. The highest BCUT2D eigenvalue weighted by molar-refractivity contribution is 7.98. The first-order valence-corrected chi connectivity index (χ1v) is 9.29. The second-order valence-electron chi connectivity index (χ2n) is 5.05. The van der Waals surface area contributed by atoms with E-state index < -0.39 is 0 Å². The van der Waals surface area contributed by atoms with E-state index in [1.165, 1.54) is 0 Å². The SMILES string of the molecule is CC.CSc1ccccc1CN(C=O)c1ccccc1CC(C)=O. The van der Waals surface area contributed by atoms with Gasteiger partial charge in [0.1, 0.15) is 5.78 Å². The molecule has 0 unspecified atom stereocenters. The van der Waals surface area contributed by atoms with E-state index in [9.17, 15) is 9.59 Å². The summed E-state index contributed by atoms with van der Waals surface area (Å²) in [5.41, 5.74) is 2.77. The van der Waals surface area contributed by atoms with Gasteiger partial charge in [-0.2, -0.15) is 0 Å². The average Bonchev–Trinajstić information content (AvgIpc) is 2.62. The van der Waals surface area contributed by atoms with Gasteiger partial charge in [-0.25, -0.2) is 0 Å². The Bertz CT molecular complexity index is 670. The minimum atomic E-state index is 0.0859. The molecule has 0 aliphatic carbocycles. The summed E-state index contributed by atoms with van der Waals surface area (Å²) in [6.45, 7) is 6.06. The van der Waals surface area contributed by atoms with E-state index >= 15 is 0 Å². The lowest BCUT2D eigenvalue weighted by Crippen LogP contribution is -2.22. The molecule has 1 amide bonds. The van der Waals surface area contributed by atoms with Crippen molar-refractivity contribution in [1.82, 2.24) is 0 Å². The molecule has 0 saturated carbocycles.